The minimum absolute atomic E-state index is 0.618. The third kappa shape index (κ3) is 2.95. The van der Waals surface area contributed by atoms with Crippen molar-refractivity contribution in [2.24, 2.45) is 0 Å². The van der Waals surface area contributed by atoms with Gasteiger partial charge in [0.05, 0.1) is 23.2 Å². The van der Waals surface area contributed by atoms with Crippen LogP contribution in [0.4, 0.5) is 0 Å². The monoisotopic (exact) mass is 408 g/mol. The standard InChI is InChI=1S/C18H19INO2/c1-18(21)16-9-5-6-11-20(16)15(17(18)19)10-12-22-13-14-7-3-2-4-8-14/h2-9,11,21H,10,12-13H2,1H3/q+1. The number of benzene rings is 1. The predicted octanol–water partition coefficient (Wildman–Crippen LogP) is 3.41. The third-order valence-electron chi connectivity index (χ3n) is 3.92. The summed E-state index contributed by atoms with van der Waals surface area (Å²) in [5.41, 5.74) is 2.31. The Hall–Kier alpha value is -1.24. The van der Waals surface area contributed by atoms with Crippen molar-refractivity contribution in [1.82, 2.24) is 0 Å². The summed E-state index contributed by atoms with van der Waals surface area (Å²) in [6.45, 7) is 3.10. The van der Waals surface area contributed by atoms with Crippen molar-refractivity contribution < 1.29 is 14.4 Å². The molecule has 2 heterocycles. The molecule has 0 saturated heterocycles. The lowest BCUT2D eigenvalue weighted by molar-refractivity contribution is -0.592. The Bertz CT molecular complexity index is 695. The van der Waals surface area contributed by atoms with Crippen LogP contribution in [-0.4, -0.2) is 11.7 Å². The van der Waals surface area contributed by atoms with E-state index in [1.165, 1.54) is 5.56 Å². The minimum atomic E-state index is -0.906. The van der Waals surface area contributed by atoms with E-state index in [0.717, 1.165) is 21.4 Å². The van der Waals surface area contributed by atoms with E-state index < -0.39 is 5.60 Å². The number of hydrogen-bond acceptors (Lipinski definition) is 2. The van der Waals surface area contributed by atoms with E-state index in [-0.39, 0.29) is 0 Å². The van der Waals surface area contributed by atoms with Crippen LogP contribution in [0.1, 0.15) is 24.6 Å². The summed E-state index contributed by atoms with van der Waals surface area (Å²) in [5, 5.41) is 10.7. The van der Waals surface area contributed by atoms with Gasteiger partial charge in [0.2, 0.25) is 11.4 Å². The second kappa shape index (κ2) is 6.48. The summed E-state index contributed by atoms with van der Waals surface area (Å²) in [7, 11) is 0. The van der Waals surface area contributed by atoms with E-state index in [4.69, 9.17) is 4.74 Å². The lowest BCUT2D eigenvalue weighted by Crippen LogP contribution is -2.36. The number of fused-ring (bicyclic) bond motifs is 1. The summed E-state index contributed by atoms with van der Waals surface area (Å²) < 4.78 is 8.83. The number of rotatable bonds is 5. The van der Waals surface area contributed by atoms with Crippen LogP contribution in [0.25, 0.3) is 5.70 Å². The van der Waals surface area contributed by atoms with Crippen molar-refractivity contribution in [1.29, 1.82) is 0 Å². The Morgan fingerprint density at radius 3 is 2.64 bits per heavy atom. The molecule has 1 aromatic carbocycles. The molecule has 2 aromatic rings. The zero-order chi connectivity index (χ0) is 15.6. The van der Waals surface area contributed by atoms with E-state index in [1.54, 1.807) is 0 Å². The Morgan fingerprint density at radius 1 is 1.14 bits per heavy atom. The summed E-state index contributed by atoms with van der Waals surface area (Å²) >= 11 is 2.25. The molecule has 4 heteroatoms. The molecule has 1 aromatic heterocycles. The van der Waals surface area contributed by atoms with Crippen LogP contribution in [0.2, 0.25) is 0 Å². The van der Waals surface area contributed by atoms with Gasteiger partial charge in [-0.05, 0) is 41.1 Å². The highest BCUT2D eigenvalue weighted by atomic mass is 127. The lowest BCUT2D eigenvalue weighted by atomic mass is 10.0. The highest BCUT2D eigenvalue weighted by molar-refractivity contribution is 14.1. The van der Waals surface area contributed by atoms with Gasteiger partial charge in [-0.3, -0.25) is 0 Å². The number of hydrogen-bond donors (Lipinski definition) is 1. The van der Waals surface area contributed by atoms with Gasteiger partial charge >= 0.3 is 0 Å². The van der Waals surface area contributed by atoms with Gasteiger partial charge < -0.3 is 9.84 Å². The first kappa shape index (κ1) is 15.6. The first-order valence-corrected chi connectivity index (χ1v) is 8.43. The van der Waals surface area contributed by atoms with Gasteiger partial charge in [-0.1, -0.05) is 30.3 Å². The molecule has 0 aliphatic carbocycles. The van der Waals surface area contributed by atoms with Gasteiger partial charge in [0, 0.05) is 12.1 Å². The average Bonchev–Trinajstić information content (AvgIpc) is 2.73. The third-order valence-corrected chi connectivity index (χ3v) is 5.60. The molecule has 0 spiro atoms. The van der Waals surface area contributed by atoms with Gasteiger partial charge in [0.25, 0.3) is 0 Å². The highest BCUT2D eigenvalue weighted by Gasteiger charge is 2.46. The van der Waals surface area contributed by atoms with E-state index in [2.05, 4.69) is 39.3 Å². The van der Waals surface area contributed by atoms with Crippen molar-refractivity contribution in [2.45, 2.75) is 25.6 Å². The molecule has 0 radical (unpaired) electrons. The molecule has 3 rings (SSSR count). The molecule has 0 fully saturated rings. The fraction of sp³-hybridized carbons (Fsp3) is 0.278. The number of nitrogens with zero attached hydrogens (tertiary/aromatic N) is 1. The SMILES string of the molecule is CC1(O)C(I)=C(CCOCc2ccccc2)[n+]2ccccc21. The van der Waals surface area contributed by atoms with E-state index in [0.29, 0.717) is 13.2 Å². The maximum atomic E-state index is 10.7. The van der Waals surface area contributed by atoms with Crippen LogP contribution in [0.5, 0.6) is 0 Å². The molecule has 3 nitrogen and oxygen atoms in total. The maximum absolute atomic E-state index is 10.7. The van der Waals surface area contributed by atoms with Gasteiger partial charge in [0.1, 0.15) is 0 Å². The number of halogens is 1. The van der Waals surface area contributed by atoms with Crippen molar-refractivity contribution in [3.8, 4) is 0 Å². The minimum Gasteiger partial charge on any atom is -0.376 e. The van der Waals surface area contributed by atoms with Gasteiger partial charge in [-0.15, -0.1) is 0 Å². The molecular weight excluding hydrogens is 389 g/mol. The summed E-state index contributed by atoms with van der Waals surface area (Å²) in [5.74, 6) is 0. The first-order chi connectivity index (χ1) is 10.6. The Morgan fingerprint density at radius 2 is 1.86 bits per heavy atom. The molecule has 0 amide bonds. The molecule has 22 heavy (non-hydrogen) atoms. The normalized spacial score (nSPS) is 20.3. The second-order valence-corrected chi connectivity index (χ2v) is 6.66. The lowest BCUT2D eigenvalue weighted by Gasteiger charge is -2.11. The fourth-order valence-corrected chi connectivity index (χ4v) is 3.54. The molecule has 114 valence electrons. The Balaban J connectivity index is 1.66. The highest BCUT2D eigenvalue weighted by Crippen LogP contribution is 2.40. The summed E-state index contributed by atoms with van der Waals surface area (Å²) in [6.07, 6.45) is 2.78. The molecule has 1 unspecified atom stereocenters. The van der Waals surface area contributed by atoms with Crippen LogP contribution >= 0.6 is 22.6 Å². The smallest absolute Gasteiger partial charge is 0.223 e. The van der Waals surface area contributed by atoms with Crippen molar-refractivity contribution in [3.63, 3.8) is 0 Å². The summed E-state index contributed by atoms with van der Waals surface area (Å²) in [6, 6.07) is 16.1. The van der Waals surface area contributed by atoms with E-state index in [9.17, 15) is 5.11 Å². The van der Waals surface area contributed by atoms with Crippen molar-refractivity contribution in [2.75, 3.05) is 6.61 Å². The molecule has 1 aliphatic rings. The average molecular weight is 408 g/mol. The van der Waals surface area contributed by atoms with E-state index in [1.807, 2.05) is 49.5 Å². The Labute approximate surface area is 144 Å². The van der Waals surface area contributed by atoms with Crippen LogP contribution < -0.4 is 4.57 Å². The second-order valence-electron chi connectivity index (χ2n) is 5.58. The zero-order valence-corrected chi connectivity index (χ0v) is 14.7. The van der Waals surface area contributed by atoms with Gasteiger partial charge in [-0.25, -0.2) is 0 Å². The zero-order valence-electron chi connectivity index (χ0n) is 12.5. The molecule has 1 atom stereocenters. The maximum Gasteiger partial charge on any atom is 0.223 e. The van der Waals surface area contributed by atoms with Crippen LogP contribution in [0.3, 0.4) is 0 Å². The number of pyridine rings is 1. The summed E-state index contributed by atoms with van der Waals surface area (Å²) in [4.78, 5) is 0. The molecule has 1 aliphatic heterocycles. The fourth-order valence-electron chi connectivity index (χ4n) is 2.74. The number of aromatic nitrogens is 1. The molecular formula is C18H19INO2+. The van der Waals surface area contributed by atoms with Gasteiger partial charge in [0.15, 0.2) is 11.8 Å². The Kier molecular flexibility index (Phi) is 4.61. The van der Waals surface area contributed by atoms with Crippen LogP contribution in [0, 0.1) is 0 Å². The molecule has 1 N–H and O–H groups in total. The van der Waals surface area contributed by atoms with Crippen LogP contribution in [-0.2, 0) is 16.9 Å². The quantitative estimate of drug-likeness (QED) is 0.468. The van der Waals surface area contributed by atoms with Crippen molar-refractivity contribution >= 4 is 28.3 Å². The van der Waals surface area contributed by atoms with Gasteiger partial charge in [-0.2, -0.15) is 4.57 Å². The number of aliphatic hydroxyl groups is 1. The topological polar surface area (TPSA) is 33.3 Å². The first-order valence-electron chi connectivity index (χ1n) is 7.35. The molecule has 0 bridgehead atoms. The molecule has 0 saturated carbocycles. The largest absolute Gasteiger partial charge is 0.376 e. The number of ether oxygens (including phenoxy) is 1. The predicted molar refractivity (Wildman–Crippen MR) is 94.2 cm³/mol. The van der Waals surface area contributed by atoms with E-state index >= 15 is 0 Å². The van der Waals surface area contributed by atoms with Crippen molar-refractivity contribution in [3.05, 3.63) is 69.6 Å². The van der Waals surface area contributed by atoms with Crippen LogP contribution in [0.15, 0.2) is 58.3 Å².